The van der Waals surface area contributed by atoms with Crippen LogP contribution >= 0.6 is 0 Å². The number of benzene rings is 1. The number of carbonyl (C=O) groups excluding carboxylic acids is 3. The summed E-state index contributed by atoms with van der Waals surface area (Å²) < 4.78 is 4.82. The van der Waals surface area contributed by atoms with Crippen LogP contribution in [-0.4, -0.2) is 35.8 Å². The lowest BCUT2D eigenvalue weighted by Crippen LogP contribution is -2.30. The maximum Gasteiger partial charge on any atom is 0.305 e. The molecule has 2 rings (SSSR count). The predicted molar refractivity (Wildman–Crippen MR) is 72.3 cm³/mol. The number of hydrogen-bond acceptors (Lipinski definition) is 4. The van der Waals surface area contributed by atoms with Crippen molar-refractivity contribution in [2.45, 2.75) is 26.2 Å². The molecule has 1 aliphatic rings. The highest BCUT2D eigenvalue weighted by Gasteiger charge is 2.34. The van der Waals surface area contributed by atoms with E-state index in [0.717, 1.165) is 0 Å². The van der Waals surface area contributed by atoms with E-state index in [9.17, 15) is 14.4 Å². The van der Waals surface area contributed by atoms with Crippen molar-refractivity contribution in [1.82, 2.24) is 4.90 Å². The molecular formula is C15H17NO4. The van der Waals surface area contributed by atoms with Crippen molar-refractivity contribution < 1.29 is 19.1 Å². The molecule has 0 saturated heterocycles. The van der Waals surface area contributed by atoms with Gasteiger partial charge < -0.3 is 4.74 Å². The van der Waals surface area contributed by atoms with Crippen LogP contribution in [0.2, 0.25) is 0 Å². The summed E-state index contributed by atoms with van der Waals surface area (Å²) in [7, 11) is 0. The van der Waals surface area contributed by atoms with Crippen LogP contribution in [0.1, 0.15) is 46.9 Å². The third-order valence-electron chi connectivity index (χ3n) is 3.20. The van der Waals surface area contributed by atoms with Gasteiger partial charge in [-0.25, -0.2) is 0 Å². The summed E-state index contributed by atoms with van der Waals surface area (Å²) in [5.41, 5.74) is 0.922. The van der Waals surface area contributed by atoms with E-state index in [2.05, 4.69) is 0 Å². The van der Waals surface area contributed by atoms with Gasteiger partial charge in [-0.05, 0) is 31.9 Å². The van der Waals surface area contributed by atoms with E-state index in [1.807, 2.05) is 0 Å². The average Bonchev–Trinajstić information content (AvgIpc) is 2.69. The molecule has 5 nitrogen and oxygen atoms in total. The molecule has 0 fully saturated rings. The van der Waals surface area contributed by atoms with Crippen LogP contribution in [0.3, 0.4) is 0 Å². The van der Waals surface area contributed by atoms with Crippen molar-refractivity contribution in [2.75, 3.05) is 13.2 Å². The Kier molecular flexibility index (Phi) is 4.50. The van der Waals surface area contributed by atoms with E-state index < -0.39 is 0 Å². The fraction of sp³-hybridized carbons (Fsp3) is 0.400. The first-order valence-corrected chi connectivity index (χ1v) is 6.76. The summed E-state index contributed by atoms with van der Waals surface area (Å²) in [5.74, 6) is -0.738. The molecule has 0 N–H and O–H groups in total. The van der Waals surface area contributed by atoms with E-state index in [4.69, 9.17) is 4.74 Å². The SMILES string of the molecule is CCOC(=O)CCCCN1C(=O)c2ccccc2C1=O. The number of carbonyl (C=O) groups is 3. The molecule has 0 saturated carbocycles. The summed E-state index contributed by atoms with van der Waals surface area (Å²) in [6.07, 6.45) is 1.52. The molecule has 1 aromatic carbocycles. The highest BCUT2D eigenvalue weighted by atomic mass is 16.5. The summed E-state index contributed by atoms with van der Waals surface area (Å²) in [6.45, 7) is 2.47. The van der Waals surface area contributed by atoms with Gasteiger partial charge in [-0.1, -0.05) is 12.1 Å². The second kappa shape index (κ2) is 6.32. The molecule has 1 aromatic rings. The topological polar surface area (TPSA) is 63.7 Å². The molecule has 2 amide bonds. The normalized spacial score (nSPS) is 13.6. The quantitative estimate of drug-likeness (QED) is 0.452. The minimum atomic E-state index is -0.248. The minimum Gasteiger partial charge on any atom is -0.466 e. The van der Waals surface area contributed by atoms with Crippen molar-refractivity contribution in [3.63, 3.8) is 0 Å². The summed E-state index contributed by atoms with van der Waals surface area (Å²) in [6, 6.07) is 6.81. The maximum absolute atomic E-state index is 12.1. The molecule has 20 heavy (non-hydrogen) atoms. The Morgan fingerprint density at radius 3 is 2.25 bits per heavy atom. The molecule has 1 heterocycles. The number of amides is 2. The first kappa shape index (κ1) is 14.2. The van der Waals surface area contributed by atoms with Crippen LogP contribution < -0.4 is 0 Å². The molecule has 0 radical (unpaired) electrons. The Morgan fingerprint density at radius 2 is 1.70 bits per heavy atom. The van der Waals surface area contributed by atoms with Crippen LogP contribution in [0, 0.1) is 0 Å². The van der Waals surface area contributed by atoms with Gasteiger partial charge in [0.25, 0.3) is 11.8 Å². The highest BCUT2D eigenvalue weighted by molar-refractivity contribution is 6.21. The van der Waals surface area contributed by atoms with Crippen LogP contribution in [0.25, 0.3) is 0 Å². The number of hydrogen-bond donors (Lipinski definition) is 0. The standard InChI is InChI=1S/C15H17NO4/c1-2-20-13(17)9-5-6-10-16-14(18)11-7-3-4-8-12(11)15(16)19/h3-4,7-8H,2,5-6,9-10H2,1H3. The molecule has 5 heteroatoms. The second-order valence-electron chi connectivity index (χ2n) is 4.57. The number of rotatable bonds is 6. The van der Waals surface area contributed by atoms with Crippen LogP contribution in [0.5, 0.6) is 0 Å². The van der Waals surface area contributed by atoms with Gasteiger partial charge in [-0.15, -0.1) is 0 Å². The Bertz CT molecular complexity index is 503. The molecule has 0 spiro atoms. The number of imide groups is 1. The molecule has 106 valence electrons. The van der Waals surface area contributed by atoms with Gasteiger partial charge in [0.05, 0.1) is 17.7 Å². The third kappa shape index (κ3) is 2.87. The zero-order chi connectivity index (χ0) is 14.5. The maximum atomic E-state index is 12.1. The van der Waals surface area contributed by atoms with E-state index in [1.165, 1.54) is 4.90 Å². The minimum absolute atomic E-state index is 0.241. The fourth-order valence-electron chi connectivity index (χ4n) is 2.21. The molecule has 0 unspecified atom stereocenters. The van der Waals surface area contributed by atoms with Gasteiger partial charge >= 0.3 is 5.97 Å². The van der Waals surface area contributed by atoms with Gasteiger partial charge in [0.15, 0.2) is 0 Å². The monoisotopic (exact) mass is 275 g/mol. The first-order chi connectivity index (χ1) is 9.65. The van der Waals surface area contributed by atoms with E-state index in [-0.39, 0.29) is 17.8 Å². The Labute approximate surface area is 117 Å². The smallest absolute Gasteiger partial charge is 0.305 e. The zero-order valence-corrected chi connectivity index (χ0v) is 11.4. The Hall–Kier alpha value is -2.17. The van der Waals surface area contributed by atoms with E-state index >= 15 is 0 Å². The van der Waals surface area contributed by atoms with Crippen molar-refractivity contribution in [3.05, 3.63) is 35.4 Å². The Morgan fingerprint density at radius 1 is 1.10 bits per heavy atom. The predicted octanol–water partition coefficient (Wildman–Crippen LogP) is 2.02. The van der Waals surface area contributed by atoms with Gasteiger partial charge in [0.2, 0.25) is 0 Å². The summed E-state index contributed by atoms with van der Waals surface area (Å²) >= 11 is 0. The molecule has 0 bridgehead atoms. The van der Waals surface area contributed by atoms with Crippen LogP contribution in [-0.2, 0) is 9.53 Å². The largest absolute Gasteiger partial charge is 0.466 e. The van der Waals surface area contributed by atoms with Gasteiger partial charge in [0.1, 0.15) is 0 Å². The van der Waals surface area contributed by atoms with Crippen LogP contribution in [0.4, 0.5) is 0 Å². The number of unbranched alkanes of at least 4 members (excludes halogenated alkanes) is 1. The summed E-state index contributed by atoms with van der Waals surface area (Å²) in [5, 5.41) is 0. The second-order valence-corrected chi connectivity index (χ2v) is 4.57. The lowest BCUT2D eigenvalue weighted by Gasteiger charge is -2.13. The number of esters is 1. The lowest BCUT2D eigenvalue weighted by molar-refractivity contribution is -0.143. The van der Waals surface area contributed by atoms with Gasteiger partial charge in [-0.3, -0.25) is 19.3 Å². The van der Waals surface area contributed by atoms with Crippen molar-refractivity contribution in [1.29, 1.82) is 0 Å². The number of fused-ring (bicyclic) bond motifs is 1. The third-order valence-corrected chi connectivity index (χ3v) is 3.20. The van der Waals surface area contributed by atoms with E-state index in [1.54, 1.807) is 31.2 Å². The molecule has 0 aromatic heterocycles. The van der Waals surface area contributed by atoms with Crippen molar-refractivity contribution >= 4 is 17.8 Å². The van der Waals surface area contributed by atoms with Crippen molar-refractivity contribution in [3.8, 4) is 0 Å². The first-order valence-electron chi connectivity index (χ1n) is 6.76. The van der Waals surface area contributed by atoms with Gasteiger partial charge in [0, 0.05) is 13.0 Å². The number of ether oxygens (including phenoxy) is 1. The van der Waals surface area contributed by atoms with Gasteiger partial charge in [-0.2, -0.15) is 0 Å². The van der Waals surface area contributed by atoms with Crippen molar-refractivity contribution in [2.24, 2.45) is 0 Å². The average molecular weight is 275 g/mol. The number of nitrogens with zero attached hydrogens (tertiary/aromatic N) is 1. The zero-order valence-electron chi connectivity index (χ0n) is 11.4. The van der Waals surface area contributed by atoms with Crippen LogP contribution in [0.15, 0.2) is 24.3 Å². The molecule has 0 aliphatic carbocycles. The molecule has 1 aliphatic heterocycles. The fourth-order valence-corrected chi connectivity index (χ4v) is 2.21. The molecule has 0 atom stereocenters. The Balaban J connectivity index is 1.85. The highest BCUT2D eigenvalue weighted by Crippen LogP contribution is 2.22. The lowest BCUT2D eigenvalue weighted by atomic mass is 10.1. The summed E-state index contributed by atoms with van der Waals surface area (Å²) in [4.78, 5) is 36.5. The van der Waals surface area contributed by atoms with E-state index in [0.29, 0.717) is 43.5 Å². The molecular weight excluding hydrogens is 258 g/mol.